The summed E-state index contributed by atoms with van der Waals surface area (Å²) in [7, 11) is 0. The molecule has 0 spiro atoms. The van der Waals surface area contributed by atoms with Crippen LogP contribution in [0.3, 0.4) is 0 Å². The fourth-order valence-electron chi connectivity index (χ4n) is 10.9. The minimum atomic E-state index is -0.164. The minimum absolute atomic E-state index is 0.0842. The summed E-state index contributed by atoms with van der Waals surface area (Å²) in [5.41, 5.74) is 19.3. The molecule has 0 saturated carbocycles. The minimum Gasteiger partial charge on any atom is -0.310 e. The maximum atomic E-state index is 2.54. The van der Waals surface area contributed by atoms with E-state index in [9.17, 15) is 0 Å². The number of hydrogen-bond donors (Lipinski definition) is 0. The Morgan fingerprint density at radius 1 is 0.339 bits per heavy atom. The molecule has 0 atom stereocenters. The first-order valence-electron chi connectivity index (χ1n) is 22.4. The van der Waals surface area contributed by atoms with Crippen molar-refractivity contribution in [2.75, 3.05) is 4.90 Å². The van der Waals surface area contributed by atoms with Crippen molar-refractivity contribution in [3.63, 3.8) is 0 Å². The third kappa shape index (κ3) is 6.12. The van der Waals surface area contributed by atoms with Crippen molar-refractivity contribution in [3.8, 4) is 44.5 Å². The van der Waals surface area contributed by atoms with E-state index in [2.05, 4.69) is 234 Å². The highest BCUT2D eigenvalue weighted by atomic mass is 15.1. The molecule has 9 aromatic carbocycles. The first-order valence-corrected chi connectivity index (χ1v) is 22.4. The smallest absolute Gasteiger partial charge is 0.0543 e. The Morgan fingerprint density at radius 3 is 1.42 bits per heavy atom. The summed E-state index contributed by atoms with van der Waals surface area (Å²) in [6.07, 6.45) is 2.37. The molecule has 0 amide bonds. The van der Waals surface area contributed by atoms with Crippen molar-refractivity contribution < 1.29 is 0 Å². The molecule has 0 fully saturated rings. The van der Waals surface area contributed by atoms with Gasteiger partial charge in [-0.1, -0.05) is 193 Å². The Bertz CT molecular complexity index is 3060. The highest BCUT2D eigenvalue weighted by Gasteiger charge is 2.39. The molecule has 302 valence electrons. The maximum absolute atomic E-state index is 2.54. The lowest BCUT2D eigenvalue weighted by atomic mass is 9.63. The molecule has 1 nitrogen and oxygen atoms in total. The lowest BCUT2D eigenvalue weighted by molar-refractivity contribution is 0.332. The molecule has 0 bridgehead atoms. The van der Waals surface area contributed by atoms with Gasteiger partial charge in [0.2, 0.25) is 0 Å². The van der Waals surface area contributed by atoms with E-state index in [1.807, 2.05) is 0 Å². The van der Waals surface area contributed by atoms with Crippen LogP contribution in [-0.2, 0) is 16.2 Å². The number of rotatable bonds is 6. The van der Waals surface area contributed by atoms with Crippen LogP contribution in [0.5, 0.6) is 0 Å². The van der Waals surface area contributed by atoms with Gasteiger partial charge in [0.25, 0.3) is 0 Å². The Labute approximate surface area is 367 Å². The molecule has 2 aliphatic carbocycles. The highest BCUT2D eigenvalue weighted by Crippen LogP contribution is 2.55. The zero-order chi connectivity index (χ0) is 42.4. The number of anilines is 3. The van der Waals surface area contributed by atoms with E-state index in [0.29, 0.717) is 0 Å². The van der Waals surface area contributed by atoms with E-state index in [0.717, 1.165) is 11.4 Å². The molecule has 0 unspecified atom stereocenters. The molecule has 1 heteroatoms. The van der Waals surface area contributed by atoms with Gasteiger partial charge in [-0.05, 0) is 143 Å². The summed E-state index contributed by atoms with van der Waals surface area (Å²) >= 11 is 0. The summed E-state index contributed by atoms with van der Waals surface area (Å²) < 4.78 is 0. The van der Waals surface area contributed by atoms with Crippen molar-refractivity contribution in [2.45, 2.75) is 70.6 Å². The van der Waals surface area contributed by atoms with Crippen molar-refractivity contribution in [1.29, 1.82) is 0 Å². The van der Waals surface area contributed by atoms with Gasteiger partial charge in [-0.25, -0.2) is 0 Å². The summed E-state index contributed by atoms with van der Waals surface area (Å²) in [4.78, 5) is 2.52. The second-order valence-electron chi connectivity index (χ2n) is 19.6. The predicted molar refractivity (Wildman–Crippen MR) is 265 cm³/mol. The van der Waals surface area contributed by atoms with Crippen LogP contribution in [0.1, 0.15) is 76.6 Å². The number of nitrogens with zero attached hydrogens (tertiary/aromatic N) is 1. The van der Waals surface area contributed by atoms with Crippen LogP contribution in [0.4, 0.5) is 17.1 Å². The molecule has 0 heterocycles. The molecule has 0 aromatic heterocycles. The zero-order valence-corrected chi connectivity index (χ0v) is 36.8. The van der Waals surface area contributed by atoms with Gasteiger partial charge >= 0.3 is 0 Å². The van der Waals surface area contributed by atoms with Crippen LogP contribution < -0.4 is 4.90 Å². The van der Waals surface area contributed by atoms with E-state index in [-0.39, 0.29) is 16.2 Å². The lowest BCUT2D eigenvalue weighted by Gasteiger charge is -2.42. The molecule has 0 radical (unpaired) electrons. The molecule has 0 saturated heterocycles. The number of benzene rings is 9. The normalized spacial score (nSPS) is 15.5. The van der Waals surface area contributed by atoms with Gasteiger partial charge in [0.1, 0.15) is 0 Å². The third-order valence-corrected chi connectivity index (χ3v) is 14.6. The Kier molecular flexibility index (Phi) is 8.75. The molecule has 11 rings (SSSR count). The van der Waals surface area contributed by atoms with Gasteiger partial charge in [0.05, 0.1) is 5.69 Å². The van der Waals surface area contributed by atoms with Crippen molar-refractivity contribution in [3.05, 3.63) is 210 Å². The standard InChI is InChI=1S/C61H53N/c1-59(2)35-36-60(3,4)57-37-44(29-34-55(57)59)52-38-53-51-21-11-12-24-54(51)61(5,6)56(53)39-58(52)62(45-30-25-42(26-31-45)49-22-13-17-40-15-7-9-19-47(40)49)46-32-27-43(28-33-46)50-23-14-18-41-16-8-10-20-48(41)50/h7-34,37-39H,35-36H2,1-6H3. The SMILES string of the molecule is CC1(C)CCC(C)(C)c2cc(-c3cc4c(cc3N(c3ccc(-c5cccc6ccccc56)cc3)c3ccc(-c5cccc6ccccc56)cc3)C(C)(C)c3ccccc3-4)ccc21. The van der Waals surface area contributed by atoms with Gasteiger partial charge in [0.15, 0.2) is 0 Å². The average Bonchev–Trinajstić information content (AvgIpc) is 3.52. The molecule has 62 heavy (non-hydrogen) atoms. The first kappa shape index (κ1) is 38.2. The van der Waals surface area contributed by atoms with E-state index in [1.54, 1.807) is 0 Å². The largest absolute Gasteiger partial charge is 0.310 e. The molecular formula is C61H53N. The van der Waals surface area contributed by atoms with Gasteiger partial charge < -0.3 is 4.90 Å². The number of fused-ring (bicyclic) bond motifs is 6. The van der Waals surface area contributed by atoms with Crippen LogP contribution in [0.15, 0.2) is 188 Å². The van der Waals surface area contributed by atoms with Gasteiger partial charge in [0, 0.05) is 22.4 Å². The van der Waals surface area contributed by atoms with Crippen LogP contribution in [0, 0.1) is 0 Å². The topological polar surface area (TPSA) is 3.24 Å². The van der Waals surface area contributed by atoms with Gasteiger partial charge in [-0.15, -0.1) is 0 Å². The van der Waals surface area contributed by atoms with Crippen molar-refractivity contribution in [2.24, 2.45) is 0 Å². The highest BCUT2D eigenvalue weighted by molar-refractivity contribution is 6.00. The van der Waals surface area contributed by atoms with Crippen LogP contribution in [0.2, 0.25) is 0 Å². The monoisotopic (exact) mass is 799 g/mol. The molecular weight excluding hydrogens is 747 g/mol. The quantitative estimate of drug-likeness (QED) is 0.162. The van der Waals surface area contributed by atoms with Crippen molar-refractivity contribution >= 4 is 38.6 Å². The maximum Gasteiger partial charge on any atom is 0.0543 e. The van der Waals surface area contributed by atoms with Crippen LogP contribution in [-0.4, -0.2) is 0 Å². The summed E-state index contributed by atoms with van der Waals surface area (Å²) in [5, 5.41) is 5.05. The summed E-state index contributed by atoms with van der Waals surface area (Å²) in [6, 6.07) is 70.7. The van der Waals surface area contributed by atoms with E-state index < -0.39 is 0 Å². The fraction of sp³-hybridized carbons (Fsp3) is 0.180. The molecule has 0 N–H and O–H groups in total. The van der Waals surface area contributed by atoms with Crippen LogP contribution >= 0.6 is 0 Å². The first-order chi connectivity index (χ1) is 30.0. The van der Waals surface area contributed by atoms with Crippen LogP contribution in [0.25, 0.3) is 66.1 Å². The van der Waals surface area contributed by atoms with Crippen molar-refractivity contribution in [1.82, 2.24) is 0 Å². The zero-order valence-electron chi connectivity index (χ0n) is 36.8. The summed E-state index contributed by atoms with van der Waals surface area (Å²) in [5.74, 6) is 0. The Balaban J connectivity index is 1.15. The predicted octanol–water partition coefficient (Wildman–Crippen LogP) is 17.1. The second kappa shape index (κ2) is 14.2. The lowest BCUT2D eigenvalue weighted by Crippen LogP contribution is -2.33. The Hall–Kier alpha value is -6.70. The fourth-order valence-corrected chi connectivity index (χ4v) is 10.9. The molecule has 9 aromatic rings. The molecule has 0 aliphatic heterocycles. The third-order valence-electron chi connectivity index (χ3n) is 14.6. The van der Waals surface area contributed by atoms with Gasteiger partial charge in [-0.3, -0.25) is 0 Å². The van der Waals surface area contributed by atoms with E-state index in [1.165, 1.54) is 107 Å². The van der Waals surface area contributed by atoms with E-state index in [4.69, 9.17) is 0 Å². The number of hydrogen-bond acceptors (Lipinski definition) is 1. The average molecular weight is 800 g/mol. The molecule has 2 aliphatic rings. The Morgan fingerprint density at radius 2 is 0.823 bits per heavy atom. The second-order valence-corrected chi connectivity index (χ2v) is 19.6. The summed E-state index contributed by atoms with van der Waals surface area (Å²) in [6.45, 7) is 14.5. The van der Waals surface area contributed by atoms with E-state index >= 15 is 0 Å². The van der Waals surface area contributed by atoms with Gasteiger partial charge in [-0.2, -0.15) is 0 Å².